The van der Waals surface area contributed by atoms with E-state index in [0.29, 0.717) is 25.4 Å². The highest BCUT2D eigenvalue weighted by Crippen LogP contribution is 2.20. The number of hydrogen-bond donors (Lipinski definition) is 0. The fourth-order valence-electron chi connectivity index (χ4n) is 3.11. The number of nitrogens with zero attached hydrogens (tertiary/aromatic N) is 6. The fourth-order valence-corrected chi connectivity index (χ4v) is 3.11. The predicted molar refractivity (Wildman–Crippen MR) is 83.9 cm³/mol. The summed E-state index contributed by atoms with van der Waals surface area (Å²) in [7, 11) is 0. The Bertz CT molecular complexity index is 835. The Hall–Kier alpha value is -2.90. The summed E-state index contributed by atoms with van der Waals surface area (Å²) in [5.41, 5.74) is 0. The summed E-state index contributed by atoms with van der Waals surface area (Å²) in [6, 6.07) is 3.53. The van der Waals surface area contributed by atoms with E-state index in [4.69, 9.17) is 4.42 Å². The molecule has 0 N–H and O–H groups in total. The van der Waals surface area contributed by atoms with Crippen LogP contribution < -0.4 is 0 Å². The molecule has 1 unspecified atom stereocenters. The van der Waals surface area contributed by atoms with Gasteiger partial charge in [-0.2, -0.15) is 5.10 Å². The molecule has 3 aromatic heterocycles. The van der Waals surface area contributed by atoms with Crippen LogP contribution in [0.3, 0.4) is 0 Å². The van der Waals surface area contributed by atoms with E-state index in [0.717, 1.165) is 18.1 Å². The molecule has 0 fully saturated rings. The van der Waals surface area contributed by atoms with Crippen LogP contribution in [0.5, 0.6) is 0 Å². The second-order valence-electron chi connectivity index (χ2n) is 6.08. The van der Waals surface area contributed by atoms with Crippen molar-refractivity contribution >= 4 is 5.91 Å². The predicted octanol–water partition coefficient (Wildman–Crippen LogP) is 1.35. The first-order valence-corrected chi connectivity index (χ1v) is 7.87. The lowest BCUT2D eigenvalue weighted by Gasteiger charge is -2.23. The second kappa shape index (κ2) is 5.95. The maximum absolute atomic E-state index is 12.8. The zero-order valence-corrected chi connectivity index (χ0v) is 13.4. The molecule has 4 rings (SSSR count). The highest BCUT2D eigenvalue weighted by molar-refractivity contribution is 5.91. The molecule has 1 aliphatic rings. The second-order valence-corrected chi connectivity index (χ2v) is 6.08. The van der Waals surface area contributed by atoms with E-state index in [9.17, 15) is 4.79 Å². The van der Waals surface area contributed by atoms with Crippen molar-refractivity contribution in [3.63, 3.8) is 0 Å². The topological polar surface area (TPSA) is 82.0 Å². The average Bonchev–Trinajstić information content (AvgIpc) is 3.28. The molecule has 1 atom stereocenters. The van der Waals surface area contributed by atoms with Gasteiger partial charge in [0.25, 0.3) is 5.91 Å². The van der Waals surface area contributed by atoms with Crippen molar-refractivity contribution in [2.45, 2.75) is 26.6 Å². The molecule has 0 aromatic carbocycles. The third-order valence-corrected chi connectivity index (χ3v) is 4.22. The lowest BCUT2D eigenvalue weighted by atomic mass is 10.1. The van der Waals surface area contributed by atoms with Gasteiger partial charge in [-0.25, -0.2) is 9.97 Å². The molecule has 0 aliphatic carbocycles. The molecule has 0 saturated heterocycles. The van der Waals surface area contributed by atoms with E-state index in [-0.39, 0.29) is 11.8 Å². The average molecular weight is 326 g/mol. The molecular formula is C16H18N6O2. The van der Waals surface area contributed by atoms with Crippen molar-refractivity contribution in [3.05, 3.63) is 54.5 Å². The van der Waals surface area contributed by atoms with Crippen LogP contribution in [0.4, 0.5) is 0 Å². The first-order valence-electron chi connectivity index (χ1n) is 7.87. The largest absolute Gasteiger partial charge is 0.456 e. The van der Waals surface area contributed by atoms with Gasteiger partial charge in [0.15, 0.2) is 5.76 Å². The zero-order chi connectivity index (χ0) is 16.5. The summed E-state index contributed by atoms with van der Waals surface area (Å²) in [5.74, 6) is 2.08. The van der Waals surface area contributed by atoms with Crippen LogP contribution in [0.15, 0.2) is 41.6 Å². The zero-order valence-electron chi connectivity index (χ0n) is 13.4. The Kier molecular flexibility index (Phi) is 3.64. The molecule has 8 heteroatoms. The Morgan fingerprint density at radius 1 is 1.38 bits per heavy atom. The van der Waals surface area contributed by atoms with Gasteiger partial charge >= 0.3 is 0 Å². The standard InChI is InChI=1S/C16H18N6O2/c1-12-2-3-14(24-12)16(23)21-7-13(8-22-11-17-10-19-22)6-20-5-4-18-15(20)9-21/h2-5,10-11,13H,6-9H2,1H3. The minimum atomic E-state index is -0.108. The number of furan rings is 1. The number of amides is 1. The van der Waals surface area contributed by atoms with E-state index in [1.54, 1.807) is 34.2 Å². The Morgan fingerprint density at radius 3 is 3.04 bits per heavy atom. The quantitative estimate of drug-likeness (QED) is 0.725. The lowest BCUT2D eigenvalue weighted by molar-refractivity contribution is 0.0679. The van der Waals surface area contributed by atoms with Gasteiger partial charge in [-0.05, 0) is 19.1 Å². The van der Waals surface area contributed by atoms with Crippen LogP contribution in [-0.2, 0) is 19.6 Å². The van der Waals surface area contributed by atoms with E-state index in [1.165, 1.54) is 6.33 Å². The minimum Gasteiger partial charge on any atom is -0.456 e. The van der Waals surface area contributed by atoms with E-state index in [2.05, 4.69) is 19.6 Å². The van der Waals surface area contributed by atoms with E-state index in [1.807, 2.05) is 13.1 Å². The summed E-state index contributed by atoms with van der Waals surface area (Å²) < 4.78 is 9.40. The molecule has 24 heavy (non-hydrogen) atoms. The lowest BCUT2D eigenvalue weighted by Crippen LogP contribution is -2.35. The van der Waals surface area contributed by atoms with Crippen LogP contribution in [-0.4, -0.2) is 41.7 Å². The summed E-state index contributed by atoms with van der Waals surface area (Å²) in [4.78, 5) is 23.0. The number of rotatable bonds is 3. The molecule has 0 radical (unpaired) electrons. The third-order valence-electron chi connectivity index (χ3n) is 4.22. The maximum atomic E-state index is 12.8. The van der Waals surface area contributed by atoms with Crippen molar-refractivity contribution in [1.29, 1.82) is 0 Å². The first kappa shape index (κ1) is 14.7. The van der Waals surface area contributed by atoms with Gasteiger partial charge < -0.3 is 13.9 Å². The van der Waals surface area contributed by atoms with Gasteiger partial charge in [-0.1, -0.05) is 0 Å². The van der Waals surface area contributed by atoms with Crippen LogP contribution in [0.1, 0.15) is 22.1 Å². The molecule has 0 spiro atoms. The maximum Gasteiger partial charge on any atom is 0.289 e. The SMILES string of the molecule is Cc1ccc(C(=O)N2Cc3nccn3CC(Cn3cncn3)C2)o1. The van der Waals surface area contributed by atoms with Gasteiger partial charge in [-0.3, -0.25) is 9.48 Å². The number of imidazole rings is 1. The Morgan fingerprint density at radius 2 is 2.29 bits per heavy atom. The van der Waals surface area contributed by atoms with Crippen molar-refractivity contribution in [2.24, 2.45) is 5.92 Å². The normalized spacial score (nSPS) is 17.5. The molecule has 4 heterocycles. The third kappa shape index (κ3) is 2.82. The number of fused-ring (bicyclic) bond motifs is 1. The van der Waals surface area contributed by atoms with Crippen molar-refractivity contribution in [1.82, 2.24) is 29.2 Å². The number of hydrogen-bond acceptors (Lipinski definition) is 5. The smallest absolute Gasteiger partial charge is 0.289 e. The van der Waals surface area contributed by atoms with Gasteiger partial charge in [0.2, 0.25) is 0 Å². The van der Waals surface area contributed by atoms with Crippen LogP contribution in [0.25, 0.3) is 0 Å². The van der Waals surface area contributed by atoms with E-state index < -0.39 is 0 Å². The van der Waals surface area contributed by atoms with Crippen LogP contribution in [0, 0.1) is 12.8 Å². The monoisotopic (exact) mass is 326 g/mol. The Balaban J connectivity index is 1.60. The van der Waals surface area contributed by atoms with Crippen molar-refractivity contribution in [3.8, 4) is 0 Å². The Labute approximate surface area is 138 Å². The molecule has 0 bridgehead atoms. The number of carbonyl (C=O) groups is 1. The molecule has 0 saturated carbocycles. The van der Waals surface area contributed by atoms with Crippen molar-refractivity contribution < 1.29 is 9.21 Å². The summed E-state index contributed by atoms with van der Waals surface area (Å²) in [5, 5.41) is 4.17. The first-order chi connectivity index (χ1) is 11.7. The molecule has 8 nitrogen and oxygen atoms in total. The van der Waals surface area contributed by atoms with Gasteiger partial charge in [0.1, 0.15) is 24.2 Å². The number of aryl methyl sites for hydroxylation is 1. The number of carbonyl (C=O) groups excluding carboxylic acids is 1. The summed E-state index contributed by atoms with van der Waals surface area (Å²) in [6.45, 7) is 4.40. The highest BCUT2D eigenvalue weighted by Gasteiger charge is 2.28. The molecule has 1 amide bonds. The van der Waals surface area contributed by atoms with Gasteiger partial charge in [0, 0.05) is 37.9 Å². The molecule has 1 aliphatic heterocycles. The molecule has 3 aromatic rings. The summed E-state index contributed by atoms with van der Waals surface area (Å²) in [6.07, 6.45) is 6.94. The van der Waals surface area contributed by atoms with Crippen LogP contribution in [0.2, 0.25) is 0 Å². The van der Waals surface area contributed by atoms with Crippen molar-refractivity contribution in [2.75, 3.05) is 6.54 Å². The molecular weight excluding hydrogens is 308 g/mol. The van der Waals surface area contributed by atoms with Crippen LogP contribution >= 0.6 is 0 Å². The highest BCUT2D eigenvalue weighted by atomic mass is 16.3. The van der Waals surface area contributed by atoms with Gasteiger partial charge in [0.05, 0.1) is 6.54 Å². The molecule has 124 valence electrons. The number of aromatic nitrogens is 5. The minimum absolute atomic E-state index is 0.108. The van der Waals surface area contributed by atoms with Gasteiger partial charge in [-0.15, -0.1) is 0 Å². The van der Waals surface area contributed by atoms with E-state index >= 15 is 0 Å². The summed E-state index contributed by atoms with van der Waals surface area (Å²) >= 11 is 0. The fraction of sp³-hybridized carbons (Fsp3) is 0.375.